The lowest BCUT2D eigenvalue weighted by Gasteiger charge is -2.13. The van der Waals surface area contributed by atoms with Gasteiger partial charge in [-0.25, -0.2) is 4.98 Å². The topological polar surface area (TPSA) is 85.8 Å². The number of fused-ring (bicyclic) bond motifs is 1. The summed E-state index contributed by atoms with van der Waals surface area (Å²) in [6.45, 7) is 3.72. The molecule has 2 heterocycles. The predicted molar refractivity (Wildman–Crippen MR) is 113 cm³/mol. The first-order valence-corrected chi connectivity index (χ1v) is 9.57. The first kappa shape index (κ1) is 19.7. The van der Waals surface area contributed by atoms with Crippen LogP contribution in [0.2, 0.25) is 5.02 Å². The summed E-state index contributed by atoms with van der Waals surface area (Å²) in [5.41, 5.74) is 2.50. The summed E-state index contributed by atoms with van der Waals surface area (Å²) in [5, 5.41) is 3.41. The third-order valence-corrected chi connectivity index (χ3v) is 4.64. The number of aryl methyl sites for hydroxylation is 2. The molecule has 0 aliphatic heterocycles. The van der Waals surface area contributed by atoms with Crippen molar-refractivity contribution in [3.8, 4) is 5.75 Å². The highest BCUT2D eigenvalue weighted by molar-refractivity contribution is 6.30. The number of rotatable bonds is 5. The van der Waals surface area contributed by atoms with Crippen molar-refractivity contribution < 1.29 is 14.1 Å². The lowest BCUT2D eigenvalue weighted by Crippen LogP contribution is -2.15. The summed E-state index contributed by atoms with van der Waals surface area (Å²) in [7, 11) is 0. The van der Waals surface area contributed by atoms with E-state index in [1.165, 1.54) is 6.07 Å². The lowest BCUT2D eigenvalue weighted by atomic mass is 10.1. The zero-order chi connectivity index (χ0) is 21.3. The Balaban J connectivity index is 1.55. The van der Waals surface area contributed by atoms with Crippen LogP contribution in [0, 0.1) is 13.8 Å². The van der Waals surface area contributed by atoms with Crippen LogP contribution in [0.25, 0.3) is 5.65 Å². The highest BCUT2D eigenvalue weighted by Crippen LogP contribution is 2.27. The van der Waals surface area contributed by atoms with Crippen molar-refractivity contribution in [3.63, 3.8) is 0 Å². The third kappa shape index (κ3) is 4.21. The maximum absolute atomic E-state index is 12.6. The molecule has 2 aromatic heterocycles. The number of hydrogen-bond donors (Lipinski definition) is 1. The number of ether oxygens (including phenoxy) is 1. The number of nitrogens with one attached hydrogen (secondary N) is 1. The first-order chi connectivity index (χ1) is 14.4. The molecule has 8 heteroatoms. The van der Waals surface area contributed by atoms with Gasteiger partial charge in [0.1, 0.15) is 18.1 Å². The Kier molecular flexibility index (Phi) is 5.29. The molecule has 0 atom stereocenters. The molecule has 0 unspecified atom stereocenters. The van der Waals surface area contributed by atoms with E-state index in [-0.39, 0.29) is 18.1 Å². The minimum absolute atomic E-state index is 0.0584. The van der Waals surface area contributed by atoms with Crippen LogP contribution in [0.3, 0.4) is 0 Å². The highest BCUT2D eigenvalue weighted by atomic mass is 35.5. The number of amides is 1. The summed E-state index contributed by atoms with van der Waals surface area (Å²) in [4.78, 5) is 29.1. The summed E-state index contributed by atoms with van der Waals surface area (Å²) < 4.78 is 12.3. The van der Waals surface area contributed by atoms with Crippen LogP contribution >= 0.6 is 11.6 Å². The Labute approximate surface area is 176 Å². The van der Waals surface area contributed by atoms with Crippen molar-refractivity contribution in [2.45, 2.75) is 20.5 Å². The van der Waals surface area contributed by atoms with Gasteiger partial charge in [-0.1, -0.05) is 17.7 Å². The quantitative estimate of drug-likeness (QED) is 0.514. The molecule has 0 radical (unpaired) electrons. The zero-order valence-electron chi connectivity index (χ0n) is 16.3. The van der Waals surface area contributed by atoms with Gasteiger partial charge in [-0.05, 0) is 55.8 Å². The highest BCUT2D eigenvalue weighted by Gasteiger charge is 2.12. The van der Waals surface area contributed by atoms with Crippen LogP contribution in [0.4, 0.5) is 5.69 Å². The van der Waals surface area contributed by atoms with Gasteiger partial charge in [0.05, 0.1) is 11.4 Å². The molecule has 1 amide bonds. The fraction of sp³-hybridized carbons (Fsp3) is 0.136. The van der Waals surface area contributed by atoms with Crippen LogP contribution in [-0.2, 0) is 6.61 Å². The number of hydrogen-bond acceptors (Lipinski definition) is 5. The Bertz CT molecular complexity index is 1290. The third-order valence-electron chi connectivity index (χ3n) is 4.39. The number of carbonyl (C=O) groups excluding carboxylic acids is 1. The van der Waals surface area contributed by atoms with Crippen LogP contribution in [-0.4, -0.2) is 15.5 Å². The largest absolute Gasteiger partial charge is 0.485 e. The fourth-order valence-electron chi connectivity index (χ4n) is 2.96. The van der Waals surface area contributed by atoms with E-state index in [1.54, 1.807) is 43.3 Å². The minimum atomic E-state index is -0.327. The maximum Gasteiger partial charge on any atom is 0.287 e. The number of benzene rings is 2. The fourth-order valence-corrected chi connectivity index (χ4v) is 3.09. The molecule has 0 bridgehead atoms. The number of aromatic nitrogens is 2. The second kappa shape index (κ2) is 8.04. The van der Waals surface area contributed by atoms with Crippen molar-refractivity contribution in [3.05, 3.63) is 92.6 Å². The van der Waals surface area contributed by atoms with Gasteiger partial charge in [0, 0.05) is 22.7 Å². The Morgan fingerprint density at radius 3 is 2.67 bits per heavy atom. The smallest absolute Gasteiger partial charge is 0.287 e. The Morgan fingerprint density at radius 2 is 1.90 bits per heavy atom. The standard InChI is InChI=1S/C22H18ClN3O4/c1-13-3-8-19(18(9-13)25-22(28)15-4-6-16(23)7-5-15)29-12-17-11-21(27)26-20(24-17)10-14(2)30-26/h3-11H,12H2,1-2H3,(H,25,28). The SMILES string of the molecule is Cc1ccc(OCc2cc(=O)n3oc(C)cc3n2)c(NC(=O)c2ccc(Cl)cc2)c1. The molecule has 0 aliphatic rings. The van der Waals surface area contributed by atoms with Crippen LogP contribution in [0.1, 0.15) is 27.4 Å². The molecular weight excluding hydrogens is 406 g/mol. The van der Waals surface area contributed by atoms with E-state index in [0.29, 0.717) is 39.1 Å². The summed E-state index contributed by atoms with van der Waals surface area (Å²) in [5.74, 6) is 0.769. The number of anilines is 1. The van der Waals surface area contributed by atoms with E-state index in [0.717, 1.165) is 10.1 Å². The molecule has 0 spiro atoms. The van der Waals surface area contributed by atoms with Crippen molar-refractivity contribution in [1.82, 2.24) is 9.56 Å². The maximum atomic E-state index is 12.6. The average Bonchev–Trinajstić information content (AvgIpc) is 3.09. The summed E-state index contributed by atoms with van der Waals surface area (Å²) in [6.07, 6.45) is 0. The van der Waals surface area contributed by atoms with Crippen LogP contribution < -0.4 is 15.6 Å². The monoisotopic (exact) mass is 423 g/mol. The second-order valence-electron chi connectivity index (χ2n) is 6.83. The van der Waals surface area contributed by atoms with Gasteiger partial charge in [0.25, 0.3) is 11.5 Å². The van der Waals surface area contributed by atoms with Gasteiger partial charge in [0.2, 0.25) is 0 Å². The molecule has 7 nitrogen and oxygen atoms in total. The summed E-state index contributed by atoms with van der Waals surface area (Å²) in [6, 6.07) is 15.1. The molecule has 1 N–H and O–H groups in total. The molecule has 4 rings (SSSR count). The molecular formula is C22H18ClN3O4. The molecule has 0 saturated heterocycles. The van der Waals surface area contributed by atoms with Crippen molar-refractivity contribution >= 4 is 28.8 Å². The molecule has 0 saturated carbocycles. The molecule has 0 fully saturated rings. The van der Waals surface area contributed by atoms with Crippen LogP contribution in [0.15, 0.2) is 63.9 Å². The van der Waals surface area contributed by atoms with Gasteiger partial charge in [-0.3, -0.25) is 9.59 Å². The van der Waals surface area contributed by atoms with E-state index in [4.69, 9.17) is 20.9 Å². The van der Waals surface area contributed by atoms with Gasteiger partial charge in [-0.15, -0.1) is 4.57 Å². The van der Waals surface area contributed by atoms with Crippen LogP contribution in [0.5, 0.6) is 5.75 Å². The molecule has 4 aromatic rings. The van der Waals surface area contributed by atoms with Gasteiger partial charge in [0.15, 0.2) is 5.65 Å². The number of nitrogens with zero attached hydrogens (tertiary/aromatic N) is 2. The van der Waals surface area contributed by atoms with E-state index in [9.17, 15) is 9.59 Å². The lowest BCUT2D eigenvalue weighted by molar-refractivity contribution is 0.102. The zero-order valence-corrected chi connectivity index (χ0v) is 17.1. The second-order valence-corrected chi connectivity index (χ2v) is 7.27. The van der Waals surface area contributed by atoms with E-state index < -0.39 is 0 Å². The van der Waals surface area contributed by atoms with E-state index in [1.807, 2.05) is 19.1 Å². The van der Waals surface area contributed by atoms with Crippen molar-refractivity contribution in [2.24, 2.45) is 0 Å². The van der Waals surface area contributed by atoms with E-state index in [2.05, 4.69) is 10.3 Å². The normalized spacial score (nSPS) is 10.9. The van der Waals surface area contributed by atoms with Crippen molar-refractivity contribution in [1.29, 1.82) is 0 Å². The first-order valence-electron chi connectivity index (χ1n) is 9.19. The molecule has 2 aromatic carbocycles. The van der Waals surface area contributed by atoms with Gasteiger partial charge < -0.3 is 14.6 Å². The Hall–Kier alpha value is -3.58. The molecule has 30 heavy (non-hydrogen) atoms. The van der Waals surface area contributed by atoms with Gasteiger partial charge in [-0.2, -0.15) is 0 Å². The predicted octanol–water partition coefficient (Wildman–Crippen LogP) is 4.39. The number of carbonyl (C=O) groups is 1. The summed E-state index contributed by atoms with van der Waals surface area (Å²) >= 11 is 5.88. The number of halogens is 1. The van der Waals surface area contributed by atoms with Gasteiger partial charge >= 0.3 is 0 Å². The minimum Gasteiger partial charge on any atom is -0.485 e. The van der Waals surface area contributed by atoms with E-state index >= 15 is 0 Å². The average molecular weight is 424 g/mol. The van der Waals surface area contributed by atoms with Crippen molar-refractivity contribution in [2.75, 3.05) is 5.32 Å². The molecule has 152 valence electrons. The Morgan fingerprint density at radius 1 is 1.13 bits per heavy atom. The molecule has 0 aliphatic carbocycles.